The van der Waals surface area contributed by atoms with Crippen LogP contribution in [0.15, 0.2) is 53.4 Å². The van der Waals surface area contributed by atoms with E-state index in [1.807, 2.05) is 0 Å². The third-order valence-corrected chi connectivity index (χ3v) is 6.92. The number of carbonyl (C=O) groups excluding carboxylic acids is 1. The van der Waals surface area contributed by atoms with Gasteiger partial charge in [-0.3, -0.25) is 4.79 Å². The zero-order valence-corrected chi connectivity index (χ0v) is 18.2. The quantitative estimate of drug-likeness (QED) is 0.632. The van der Waals surface area contributed by atoms with Crippen LogP contribution in [0, 0.1) is 0 Å². The van der Waals surface area contributed by atoms with Gasteiger partial charge in [-0.2, -0.15) is 17.5 Å². The maximum Gasteiger partial charge on any atom is 0.416 e. The van der Waals surface area contributed by atoms with Crippen LogP contribution in [0.4, 0.5) is 18.9 Å². The molecule has 0 radical (unpaired) electrons. The van der Waals surface area contributed by atoms with Crippen LogP contribution >= 0.6 is 0 Å². The summed E-state index contributed by atoms with van der Waals surface area (Å²) in [5.74, 6) is -0.457. The summed E-state index contributed by atoms with van der Waals surface area (Å²) in [5, 5.41) is 2.54. The Morgan fingerprint density at radius 1 is 1.09 bits per heavy atom. The summed E-state index contributed by atoms with van der Waals surface area (Å²) in [5.41, 5.74) is -0.388. The number of carbonyl (C=O) groups is 1. The number of hydrogen-bond acceptors (Lipinski definition) is 4. The number of nitrogens with zero attached hydrogens (tertiary/aromatic N) is 1. The van der Waals surface area contributed by atoms with Crippen molar-refractivity contribution in [1.82, 2.24) is 4.31 Å². The van der Waals surface area contributed by atoms with Crippen LogP contribution in [-0.4, -0.2) is 38.8 Å². The molecule has 3 rings (SSSR count). The average molecular weight is 468 g/mol. The van der Waals surface area contributed by atoms with Gasteiger partial charge < -0.3 is 10.1 Å². The van der Waals surface area contributed by atoms with Gasteiger partial charge in [0.25, 0.3) is 0 Å². The molecule has 1 aliphatic heterocycles. The molecule has 1 aliphatic rings. The Kier molecular flexibility index (Phi) is 7.25. The van der Waals surface area contributed by atoms with Crippen molar-refractivity contribution in [2.24, 2.45) is 0 Å². The number of rotatable bonds is 6. The van der Waals surface area contributed by atoms with E-state index in [1.54, 1.807) is 0 Å². The van der Waals surface area contributed by atoms with Crippen molar-refractivity contribution in [2.75, 3.05) is 25.5 Å². The molecule has 0 atom stereocenters. The number of halogens is 3. The average Bonchev–Trinajstić information content (AvgIpc) is 2.78. The molecule has 0 aliphatic carbocycles. The van der Waals surface area contributed by atoms with Crippen LogP contribution in [0.5, 0.6) is 5.75 Å². The summed E-state index contributed by atoms with van der Waals surface area (Å²) in [6, 6.07) is 8.82. The van der Waals surface area contributed by atoms with E-state index in [0.717, 1.165) is 37.5 Å². The first-order chi connectivity index (χ1) is 15.1. The normalized spacial score (nSPS) is 15.6. The maximum atomic E-state index is 13.1. The lowest BCUT2D eigenvalue weighted by Gasteiger charge is -2.26. The van der Waals surface area contributed by atoms with E-state index in [0.29, 0.717) is 13.1 Å². The highest BCUT2D eigenvalue weighted by molar-refractivity contribution is 7.89. The summed E-state index contributed by atoms with van der Waals surface area (Å²) in [6.45, 7) is 0.837. The fourth-order valence-electron chi connectivity index (χ4n) is 3.37. The second kappa shape index (κ2) is 9.74. The molecule has 1 fully saturated rings. The Morgan fingerprint density at radius 2 is 1.81 bits per heavy atom. The van der Waals surface area contributed by atoms with Gasteiger partial charge in [-0.25, -0.2) is 8.42 Å². The lowest BCUT2D eigenvalue weighted by Crippen LogP contribution is -2.35. The summed E-state index contributed by atoms with van der Waals surface area (Å²) in [4.78, 5) is 12.2. The predicted molar refractivity (Wildman–Crippen MR) is 115 cm³/mol. The van der Waals surface area contributed by atoms with Crippen molar-refractivity contribution in [3.8, 4) is 5.75 Å². The van der Waals surface area contributed by atoms with Crippen LogP contribution in [0.3, 0.4) is 0 Å². The van der Waals surface area contributed by atoms with Crippen molar-refractivity contribution in [3.63, 3.8) is 0 Å². The number of sulfonamides is 1. The number of benzene rings is 2. The molecule has 0 bridgehead atoms. The minimum Gasteiger partial charge on any atom is -0.495 e. The first kappa shape index (κ1) is 23.8. The van der Waals surface area contributed by atoms with Crippen LogP contribution in [0.1, 0.15) is 30.4 Å². The Morgan fingerprint density at radius 3 is 2.47 bits per heavy atom. The molecule has 6 nitrogen and oxygen atoms in total. The molecule has 32 heavy (non-hydrogen) atoms. The Labute approximate surface area is 184 Å². The molecule has 0 saturated carbocycles. The zero-order chi connectivity index (χ0) is 23.4. The summed E-state index contributed by atoms with van der Waals surface area (Å²) >= 11 is 0. The second-order valence-corrected chi connectivity index (χ2v) is 9.18. The number of hydrogen-bond donors (Lipinski definition) is 1. The number of anilines is 1. The van der Waals surface area contributed by atoms with Crippen molar-refractivity contribution in [2.45, 2.75) is 30.3 Å². The first-order valence-electron chi connectivity index (χ1n) is 9.96. The molecular formula is C22H23F3N2O4S. The largest absolute Gasteiger partial charge is 0.495 e. The topological polar surface area (TPSA) is 75.7 Å². The highest BCUT2D eigenvalue weighted by atomic mass is 32.2. The van der Waals surface area contributed by atoms with Crippen LogP contribution in [0.25, 0.3) is 6.08 Å². The number of methoxy groups -OCH3 is 1. The van der Waals surface area contributed by atoms with Crippen molar-refractivity contribution in [3.05, 3.63) is 59.7 Å². The maximum absolute atomic E-state index is 13.1. The lowest BCUT2D eigenvalue weighted by atomic mass is 10.1. The van der Waals surface area contributed by atoms with Gasteiger partial charge in [0.2, 0.25) is 15.9 Å². The fraction of sp³-hybridized carbons (Fsp3) is 0.318. The van der Waals surface area contributed by atoms with Crippen molar-refractivity contribution in [1.29, 1.82) is 0 Å². The van der Waals surface area contributed by atoms with E-state index in [4.69, 9.17) is 4.74 Å². The molecule has 1 saturated heterocycles. The Balaban J connectivity index is 1.78. The van der Waals surface area contributed by atoms with Crippen molar-refractivity contribution < 1.29 is 31.1 Å². The molecule has 2 aromatic rings. The highest BCUT2D eigenvalue weighted by Crippen LogP contribution is 2.31. The molecule has 1 amide bonds. The number of amides is 1. The van der Waals surface area contributed by atoms with Crippen LogP contribution in [-0.2, 0) is 21.0 Å². The number of alkyl halides is 3. The third-order valence-electron chi connectivity index (χ3n) is 5.01. The first-order valence-corrected chi connectivity index (χ1v) is 11.4. The fourth-order valence-corrected chi connectivity index (χ4v) is 5.07. The predicted octanol–water partition coefficient (Wildman–Crippen LogP) is 4.54. The number of nitrogens with one attached hydrogen (secondary N) is 1. The highest BCUT2D eigenvalue weighted by Gasteiger charge is 2.30. The van der Waals surface area contributed by atoms with Gasteiger partial charge >= 0.3 is 6.18 Å². The van der Waals surface area contributed by atoms with E-state index < -0.39 is 27.7 Å². The molecule has 0 unspecified atom stereocenters. The minimum atomic E-state index is -4.48. The lowest BCUT2D eigenvalue weighted by molar-refractivity contribution is -0.137. The number of piperidine rings is 1. The number of ether oxygens (including phenoxy) is 1. The molecule has 0 aromatic heterocycles. The summed E-state index contributed by atoms with van der Waals surface area (Å²) in [7, 11) is -2.44. The van der Waals surface area contributed by atoms with Crippen LogP contribution in [0.2, 0.25) is 0 Å². The molecule has 2 aromatic carbocycles. The summed E-state index contributed by atoms with van der Waals surface area (Å²) in [6.07, 6.45) is 0.373. The molecular weight excluding hydrogens is 445 g/mol. The molecule has 1 N–H and O–H groups in total. The van der Waals surface area contributed by atoms with Gasteiger partial charge in [-0.15, -0.1) is 0 Å². The SMILES string of the molecule is COc1ccc(NC(=O)C=Cc2cccc(C(F)(F)F)c2)cc1S(=O)(=O)N1CCCCC1. The molecule has 0 spiro atoms. The standard InChI is InChI=1S/C22H23F3N2O4S/c1-31-19-10-9-18(15-20(19)32(29,30)27-12-3-2-4-13-27)26-21(28)11-8-16-6-5-7-17(14-16)22(23,24)25/h5-11,14-15H,2-4,12-13H2,1H3,(H,26,28). The monoisotopic (exact) mass is 468 g/mol. The van der Waals surface area contributed by atoms with Gasteiger partial charge in [-0.1, -0.05) is 18.6 Å². The van der Waals surface area contributed by atoms with Crippen LogP contribution < -0.4 is 10.1 Å². The van der Waals surface area contributed by atoms with Crippen molar-refractivity contribution >= 4 is 27.7 Å². The molecule has 10 heteroatoms. The third kappa shape index (κ3) is 5.68. The Hall–Kier alpha value is -2.85. The van der Waals surface area contributed by atoms with Gasteiger partial charge in [0.05, 0.1) is 12.7 Å². The Bertz CT molecular complexity index is 1110. The summed E-state index contributed by atoms with van der Waals surface area (Å²) < 4.78 is 71.2. The van der Waals surface area contributed by atoms with E-state index in [1.165, 1.54) is 47.8 Å². The second-order valence-electron chi connectivity index (χ2n) is 7.28. The van der Waals surface area contributed by atoms with Gasteiger partial charge in [0.15, 0.2) is 0 Å². The molecule has 1 heterocycles. The van der Waals surface area contributed by atoms with Gasteiger partial charge in [0.1, 0.15) is 10.6 Å². The zero-order valence-electron chi connectivity index (χ0n) is 17.4. The minimum absolute atomic E-state index is 0.0541. The van der Waals surface area contributed by atoms with E-state index in [9.17, 15) is 26.4 Å². The van der Waals surface area contributed by atoms with E-state index in [2.05, 4.69) is 5.32 Å². The van der Waals surface area contributed by atoms with E-state index >= 15 is 0 Å². The molecule has 172 valence electrons. The smallest absolute Gasteiger partial charge is 0.416 e. The van der Waals surface area contributed by atoms with Gasteiger partial charge in [-0.05, 0) is 54.8 Å². The van der Waals surface area contributed by atoms with E-state index in [-0.39, 0.29) is 21.9 Å². The van der Waals surface area contributed by atoms with Gasteiger partial charge in [0, 0.05) is 24.9 Å².